The molecule has 0 radical (unpaired) electrons. The van der Waals surface area contributed by atoms with Gasteiger partial charge in [-0.05, 0) is 27.2 Å². The number of rotatable bonds is 4. The summed E-state index contributed by atoms with van der Waals surface area (Å²) in [6.07, 6.45) is 1.19. The van der Waals surface area contributed by atoms with E-state index >= 15 is 0 Å². The van der Waals surface area contributed by atoms with Gasteiger partial charge in [-0.25, -0.2) is 14.5 Å². The lowest BCUT2D eigenvalue weighted by atomic mass is 10.2. The summed E-state index contributed by atoms with van der Waals surface area (Å²) in [5.74, 6) is 0. The average Bonchev–Trinajstić information content (AvgIpc) is 2.35. The van der Waals surface area contributed by atoms with Crippen molar-refractivity contribution in [3.05, 3.63) is 0 Å². The Morgan fingerprint density at radius 2 is 1.61 bits per heavy atom. The Bertz CT molecular complexity index is 318. The first kappa shape index (κ1) is 16.4. The van der Waals surface area contributed by atoms with Crippen molar-refractivity contribution >= 4 is 18.5 Å². The third-order valence-corrected chi connectivity index (χ3v) is 2.94. The Kier molecular flexibility index (Phi) is 6.36. The highest BCUT2D eigenvalue weighted by Crippen LogP contribution is 2.10. The van der Waals surface area contributed by atoms with E-state index in [1.165, 1.54) is 11.9 Å². The van der Waals surface area contributed by atoms with Crippen LogP contribution in [-0.2, 0) is 4.79 Å². The molecule has 6 nitrogen and oxygen atoms in total. The third-order valence-electron chi connectivity index (χ3n) is 2.94. The van der Waals surface area contributed by atoms with E-state index in [0.717, 1.165) is 16.2 Å². The van der Waals surface area contributed by atoms with Gasteiger partial charge in [0.15, 0.2) is 0 Å². The number of carbonyl (C=O) groups excluding carboxylic acids is 3. The van der Waals surface area contributed by atoms with Crippen molar-refractivity contribution in [3.63, 3.8) is 0 Å². The Labute approximate surface area is 109 Å². The zero-order valence-corrected chi connectivity index (χ0v) is 12.0. The molecule has 0 fully saturated rings. The van der Waals surface area contributed by atoms with Gasteiger partial charge in [0.05, 0.1) is 0 Å². The molecule has 5 amide bonds. The van der Waals surface area contributed by atoms with Gasteiger partial charge in [-0.3, -0.25) is 9.69 Å². The highest BCUT2D eigenvalue weighted by atomic mass is 16.2. The molecular weight excluding hydrogens is 234 g/mol. The number of hydrogen-bond donors (Lipinski definition) is 0. The van der Waals surface area contributed by atoms with E-state index in [2.05, 4.69) is 0 Å². The molecule has 0 aromatic rings. The molecule has 0 heterocycles. The standard InChI is InChI=1S/C12H23N3O3/c1-7-10(4)14(6)12(18)15(9(2)3)11(17)13(5)8-16/h8-10H,7H2,1-6H3. The Morgan fingerprint density at radius 1 is 1.11 bits per heavy atom. The number of imide groups is 2. The minimum Gasteiger partial charge on any atom is -0.325 e. The maximum atomic E-state index is 12.2. The van der Waals surface area contributed by atoms with Crippen LogP contribution < -0.4 is 0 Å². The lowest BCUT2D eigenvalue weighted by molar-refractivity contribution is -0.115. The normalized spacial score (nSPS) is 11.9. The fourth-order valence-corrected chi connectivity index (χ4v) is 1.37. The molecular formula is C12H23N3O3. The maximum Gasteiger partial charge on any atom is 0.334 e. The predicted molar refractivity (Wildman–Crippen MR) is 69.1 cm³/mol. The summed E-state index contributed by atoms with van der Waals surface area (Å²) in [4.78, 5) is 38.2. The van der Waals surface area contributed by atoms with Crippen molar-refractivity contribution in [2.24, 2.45) is 0 Å². The lowest BCUT2D eigenvalue weighted by Crippen LogP contribution is -2.53. The minimum absolute atomic E-state index is 0.0353. The molecule has 1 unspecified atom stereocenters. The van der Waals surface area contributed by atoms with Gasteiger partial charge in [0.1, 0.15) is 0 Å². The van der Waals surface area contributed by atoms with Gasteiger partial charge in [-0.1, -0.05) is 6.92 Å². The van der Waals surface area contributed by atoms with Gasteiger partial charge >= 0.3 is 12.1 Å². The van der Waals surface area contributed by atoms with Crippen LogP contribution in [0.25, 0.3) is 0 Å². The van der Waals surface area contributed by atoms with E-state index in [0.29, 0.717) is 6.41 Å². The summed E-state index contributed by atoms with van der Waals surface area (Å²) in [5, 5.41) is 0. The summed E-state index contributed by atoms with van der Waals surface area (Å²) >= 11 is 0. The van der Waals surface area contributed by atoms with Crippen LogP contribution >= 0.6 is 0 Å². The fraction of sp³-hybridized carbons (Fsp3) is 0.750. The first-order chi connectivity index (χ1) is 8.27. The second-order valence-corrected chi connectivity index (χ2v) is 4.61. The van der Waals surface area contributed by atoms with Gasteiger partial charge in [-0.2, -0.15) is 0 Å². The summed E-state index contributed by atoms with van der Waals surface area (Å²) in [6, 6.07) is -1.27. The van der Waals surface area contributed by atoms with Crippen LogP contribution in [0.2, 0.25) is 0 Å². The Morgan fingerprint density at radius 3 is 1.94 bits per heavy atom. The van der Waals surface area contributed by atoms with Gasteiger partial charge in [0.25, 0.3) is 0 Å². The molecule has 0 bridgehead atoms. The van der Waals surface area contributed by atoms with Crippen LogP contribution in [0.4, 0.5) is 9.59 Å². The van der Waals surface area contributed by atoms with Crippen molar-refractivity contribution in [2.45, 2.75) is 46.2 Å². The largest absolute Gasteiger partial charge is 0.334 e. The van der Waals surface area contributed by atoms with E-state index < -0.39 is 12.1 Å². The van der Waals surface area contributed by atoms with Crippen molar-refractivity contribution in [1.82, 2.24) is 14.7 Å². The SMILES string of the molecule is CCC(C)N(C)C(=O)N(C(=O)N(C)C=O)C(C)C. The number of urea groups is 2. The molecule has 18 heavy (non-hydrogen) atoms. The molecule has 0 saturated carbocycles. The highest BCUT2D eigenvalue weighted by Gasteiger charge is 2.30. The Balaban J connectivity index is 5.07. The van der Waals surface area contributed by atoms with Crippen LogP contribution in [0.1, 0.15) is 34.1 Å². The summed E-state index contributed by atoms with van der Waals surface area (Å²) in [7, 11) is 2.99. The van der Waals surface area contributed by atoms with E-state index in [1.807, 2.05) is 13.8 Å². The number of carbonyl (C=O) groups is 3. The zero-order chi connectivity index (χ0) is 14.5. The second kappa shape index (κ2) is 6.98. The molecule has 6 heteroatoms. The topological polar surface area (TPSA) is 60.9 Å². The summed E-state index contributed by atoms with van der Waals surface area (Å²) in [6.45, 7) is 7.34. The maximum absolute atomic E-state index is 12.2. The fourth-order valence-electron chi connectivity index (χ4n) is 1.37. The van der Waals surface area contributed by atoms with Crippen LogP contribution in [0.15, 0.2) is 0 Å². The summed E-state index contributed by atoms with van der Waals surface area (Å²) < 4.78 is 0. The van der Waals surface area contributed by atoms with Gasteiger partial charge in [0, 0.05) is 26.2 Å². The number of hydrogen-bond acceptors (Lipinski definition) is 3. The molecule has 0 aromatic heterocycles. The van der Waals surface area contributed by atoms with Gasteiger partial charge in [0.2, 0.25) is 6.41 Å². The number of amides is 5. The van der Waals surface area contributed by atoms with Gasteiger partial charge in [-0.15, -0.1) is 0 Å². The molecule has 0 aromatic carbocycles. The molecule has 0 spiro atoms. The molecule has 0 saturated heterocycles. The quantitative estimate of drug-likeness (QED) is 0.721. The zero-order valence-electron chi connectivity index (χ0n) is 12.0. The monoisotopic (exact) mass is 257 g/mol. The van der Waals surface area contributed by atoms with Crippen LogP contribution in [0.3, 0.4) is 0 Å². The van der Waals surface area contributed by atoms with Crippen molar-refractivity contribution in [3.8, 4) is 0 Å². The summed E-state index contributed by atoms with van der Waals surface area (Å²) in [5.41, 5.74) is 0. The molecule has 1 atom stereocenters. The van der Waals surface area contributed by atoms with Crippen LogP contribution in [0.5, 0.6) is 0 Å². The highest BCUT2D eigenvalue weighted by molar-refractivity contribution is 5.97. The first-order valence-corrected chi connectivity index (χ1v) is 6.05. The first-order valence-electron chi connectivity index (χ1n) is 6.05. The molecule has 0 rings (SSSR count). The predicted octanol–water partition coefficient (Wildman–Crippen LogP) is 1.76. The van der Waals surface area contributed by atoms with E-state index in [4.69, 9.17) is 0 Å². The van der Waals surface area contributed by atoms with Crippen molar-refractivity contribution < 1.29 is 14.4 Å². The minimum atomic E-state index is -0.611. The van der Waals surface area contributed by atoms with E-state index in [9.17, 15) is 14.4 Å². The molecule has 0 aliphatic rings. The molecule has 0 N–H and O–H groups in total. The van der Waals surface area contributed by atoms with E-state index in [-0.39, 0.29) is 12.1 Å². The second-order valence-electron chi connectivity index (χ2n) is 4.61. The number of nitrogens with zero attached hydrogens (tertiary/aromatic N) is 3. The van der Waals surface area contributed by atoms with E-state index in [1.54, 1.807) is 20.9 Å². The van der Waals surface area contributed by atoms with Gasteiger partial charge < -0.3 is 4.90 Å². The van der Waals surface area contributed by atoms with Crippen molar-refractivity contribution in [2.75, 3.05) is 14.1 Å². The van der Waals surface area contributed by atoms with Crippen molar-refractivity contribution in [1.29, 1.82) is 0 Å². The average molecular weight is 257 g/mol. The van der Waals surface area contributed by atoms with Crippen LogP contribution in [0, 0.1) is 0 Å². The smallest absolute Gasteiger partial charge is 0.325 e. The molecule has 0 aliphatic carbocycles. The Hall–Kier alpha value is -1.59. The molecule has 0 aliphatic heterocycles. The lowest BCUT2D eigenvalue weighted by Gasteiger charge is -2.33. The third kappa shape index (κ3) is 3.72. The molecule has 104 valence electrons. The van der Waals surface area contributed by atoms with Crippen LogP contribution in [-0.4, -0.2) is 59.4 Å².